The fourth-order valence-electron chi connectivity index (χ4n) is 3.00. The third kappa shape index (κ3) is 1.44. The van der Waals surface area contributed by atoms with Crippen molar-refractivity contribution in [1.82, 2.24) is 5.32 Å². The molecule has 2 nitrogen and oxygen atoms in total. The lowest BCUT2D eigenvalue weighted by Gasteiger charge is -2.28. The molecule has 0 amide bonds. The third-order valence-corrected chi connectivity index (χ3v) is 3.82. The highest BCUT2D eigenvalue weighted by molar-refractivity contribution is 5.40. The summed E-state index contributed by atoms with van der Waals surface area (Å²) in [6.45, 7) is 1.18. The van der Waals surface area contributed by atoms with Crippen molar-refractivity contribution in [3.05, 3.63) is 29.3 Å². The molecule has 2 heteroatoms. The van der Waals surface area contributed by atoms with Crippen LogP contribution in [-0.2, 0) is 6.42 Å². The lowest BCUT2D eigenvalue weighted by Crippen LogP contribution is -2.23. The molecular weight excluding hydrogens is 186 g/mol. The normalized spacial score (nSPS) is 28.3. The number of hydrogen-bond acceptors (Lipinski definition) is 2. The van der Waals surface area contributed by atoms with E-state index in [9.17, 15) is 0 Å². The first-order valence-electron chi connectivity index (χ1n) is 5.78. The van der Waals surface area contributed by atoms with Crippen LogP contribution in [0.4, 0.5) is 0 Å². The summed E-state index contributed by atoms with van der Waals surface area (Å²) >= 11 is 0. The summed E-state index contributed by atoms with van der Waals surface area (Å²) in [4.78, 5) is 0. The second-order valence-corrected chi connectivity index (χ2v) is 4.58. The summed E-state index contributed by atoms with van der Waals surface area (Å²) in [5, 5.41) is 3.61. The first kappa shape index (κ1) is 9.22. The van der Waals surface area contributed by atoms with Gasteiger partial charge in [0.2, 0.25) is 0 Å². The molecular formula is C13H17NO. The van der Waals surface area contributed by atoms with E-state index in [1.807, 2.05) is 0 Å². The lowest BCUT2D eigenvalue weighted by molar-refractivity contribution is 0.395. The Morgan fingerprint density at radius 2 is 2.27 bits per heavy atom. The summed E-state index contributed by atoms with van der Waals surface area (Å²) in [5.41, 5.74) is 2.98. The van der Waals surface area contributed by atoms with Gasteiger partial charge in [-0.15, -0.1) is 0 Å². The molecule has 1 saturated heterocycles. The van der Waals surface area contributed by atoms with Crippen LogP contribution in [0.15, 0.2) is 18.2 Å². The Bertz CT molecular complexity index is 375. The van der Waals surface area contributed by atoms with E-state index in [1.54, 1.807) is 7.11 Å². The first-order valence-corrected chi connectivity index (χ1v) is 5.78. The number of aryl methyl sites for hydroxylation is 1. The number of nitrogens with one attached hydrogen (secondary N) is 1. The van der Waals surface area contributed by atoms with Crippen LogP contribution in [0.25, 0.3) is 0 Å². The van der Waals surface area contributed by atoms with Crippen LogP contribution in [0, 0.1) is 5.92 Å². The minimum absolute atomic E-state index is 0.611. The Hall–Kier alpha value is -1.02. The Balaban J connectivity index is 2.00. The highest BCUT2D eigenvalue weighted by Crippen LogP contribution is 2.40. The summed E-state index contributed by atoms with van der Waals surface area (Å²) in [7, 11) is 1.74. The molecule has 1 aromatic rings. The molecule has 0 radical (unpaired) electrons. The van der Waals surface area contributed by atoms with Crippen molar-refractivity contribution >= 4 is 0 Å². The van der Waals surface area contributed by atoms with Gasteiger partial charge in [-0.3, -0.25) is 0 Å². The largest absolute Gasteiger partial charge is 0.497 e. The third-order valence-electron chi connectivity index (χ3n) is 3.82. The molecule has 0 aromatic heterocycles. The lowest BCUT2D eigenvalue weighted by atomic mass is 9.80. The summed E-state index contributed by atoms with van der Waals surface area (Å²) < 4.78 is 5.27. The molecule has 0 bridgehead atoms. The van der Waals surface area contributed by atoms with Gasteiger partial charge >= 0.3 is 0 Å². The van der Waals surface area contributed by atoms with Crippen LogP contribution in [0.5, 0.6) is 5.75 Å². The first-order chi connectivity index (χ1) is 7.38. The predicted octanol–water partition coefficient (Wildman–Crippen LogP) is 2.29. The molecule has 15 heavy (non-hydrogen) atoms. The summed E-state index contributed by atoms with van der Waals surface area (Å²) in [6.07, 6.45) is 3.89. The van der Waals surface area contributed by atoms with E-state index in [0.29, 0.717) is 6.04 Å². The van der Waals surface area contributed by atoms with Gasteiger partial charge in [0, 0.05) is 6.04 Å². The zero-order valence-electron chi connectivity index (χ0n) is 9.12. The monoisotopic (exact) mass is 203 g/mol. The van der Waals surface area contributed by atoms with Crippen molar-refractivity contribution < 1.29 is 4.74 Å². The fourth-order valence-corrected chi connectivity index (χ4v) is 3.00. The molecule has 0 spiro atoms. The van der Waals surface area contributed by atoms with Crippen LogP contribution in [0.1, 0.15) is 30.0 Å². The van der Waals surface area contributed by atoms with Crippen LogP contribution < -0.4 is 10.1 Å². The van der Waals surface area contributed by atoms with E-state index in [1.165, 1.54) is 36.9 Å². The Morgan fingerprint density at radius 3 is 3.13 bits per heavy atom. The minimum atomic E-state index is 0.611. The maximum Gasteiger partial charge on any atom is 0.119 e. The number of fused-ring (bicyclic) bond motifs is 3. The highest BCUT2D eigenvalue weighted by atomic mass is 16.5. The Kier molecular flexibility index (Phi) is 2.17. The molecule has 80 valence electrons. The van der Waals surface area contributed by atoms with Gasteiger partial charge in [0.05, 0.1) is 7.11 Å². The van der Waals surface area contributed by atoms with Crippen molar-refractivity contribution in [2.75, 3.05) is 13.7 Å². The molecule has 1 heterocycles. The number of rotatable bonds is 1. The van der Waals surface area contributed by atoms with Crippen LogP contribution in [0.3, 0.4) is 0 Å². The number of hydrogen-bond donors (Lipinski definition) is 1. The van der Waals surface area contributed by atoms with E-state index < -0.39 is 0 Å². The average molecular weight is 203 g/mol. The second-order valence-electron chi connectivity index (χ2n) is 4.58. The zero-order chi connectivity index (χ0) is 10.3. The zero-order valence-corrected chi connectivity index (χ0v) is 9.12. The minimum Gasteiger partial charge on any atom is -0.497 e. The molecule has 1 fully saturated rings. The fraction of sp³-hybridized carbons (Fsp3) is 0.538. The van der Waals surface area contributed by atoms with E-state index in [4.69, 9.17) is 4.74 Å². The van der Waals surface area contributed by atoms with Crippen molar-refractivity contribution in [3.8, 4) is 5.75 Å². The molecule has 1 N–H and O–H groups in total. The molecule has 2 atom stereocenters. The molecule has 2 aliphatic rings. The summed E-state index contributed by atoms with van der Waals surface area (Å²) in [5.74, 6) is 1.86. The number of ether oxygens (including phenoxy) is 1. The van der Waals surface area contributed by atoms with Gasteiger partial charge in [0.15, 0.2) is 0 Å². The Morgan fingerprint density at radius 1 is 1.33 bits per heavy atom. The molecule has 1 aliphatic carbocycles. The maximum atomic E-state index is 5.27. The van der Waals surface area contributed by atoms with Gasteiger partial charge < -0.3 is 10.1 Å². The van der Waals surface area contributed by atoms with Gasteiger partial charge in [-0.25, -0.2) is 0 Å². The van der Waals surface area contributed by atoms with E-state index in [-0.39, 0.29) is 0 Å². The highest BCUT2D eigenvalue weighted by Gasteiger charge is 2.32. The molecule has 2 unspecified atom stereocenters. The van der Waals surface area contributed by atoms with Crippen molar-refractivity contribution in [1.29, 1.82) is 0 Å². The van der Waals surface area contributed by atoms with Gasteiger partial charge in [-0.1, -0.05) is 6.07 Å². The van der Waals surface area contributed by atoms with Gasteiger partial charge in [0.25, 0.3) is 0 Å². The molecule has 1 aliphatic heterocycles. The van der Waals surface area contributed by atoms with Gasteiger partial charge in [-0.05, 0) is 55.0 Å². The van der Waals surface area contributed by atoms with Crippen molar-refractivity contribution in [2.24, 2.45) is 5.92 Å². The quantitative estimate of drug-likeness (QED) is 0.756. The van der Waals surface area contributed by atoms with Crippen LogP contribution >= 0.6 is 0 Å². The smallest absolute Gasteiger partial charge is 0.119 e. The summed E-state index contributed by atoms with van der Waals surface area (Å²) in [6, 6.07) is 7.13. The van der Waals surface area contributed by atoms with Crippen molar-refractivity contribution in [3.63, 3.8) is 0 Å². The number of methoxy groups -OCH3 is 1. The van der Waals surface area contributed by atoms with Crippen LogP contribution in [0.2, 0.25) is 0 Å². The predicted molar refractivity (Wildman–Crippen MR) is 60.2 cm³/mol. The number of benzene rings is 1. The van der Waals surface area contributed by atoms with Gasteiger partial charge in [0.1, 0.15) is 5.75 Å². The Labute approximate surface area is 90.6 Å². The van der Waals surface area contributed by atoms with Crippen molar-refractivity contribution in [2.45, 2.75) is 25.3 Å². The topological polar surface area (TPSA) is 21.3 Å². The SMILES string of the molecule is COc1ccc2c(c1)CCC1CCNC21. The molecule has 1 aromatic carbocycles. The van der Waals surface area contributed by atoms with E-state index in [0.717, 1.165) is 11.7 Å². The van der Waals surface area contributed by atoms with E-state index in [2.05, 4.69) is 23.5 Å². The maximum absolute atomic E-state index is 5.27. The van der Waals surface area contributed by atoms with E-state index >= 15 is 0 Å². The average Bonchev–Trinajstić information content (AvgIpc) is 2.76. The standard InChI is InChI=1S/C13H17NO/c1-15-11-4-5-12-10(8-11)3-2-9-6-7-14-13(9)12/h4-5,8-9,13-14H,2-3,6-7H2,1H3. The van der Waals surface area contributed by atoms with Gasteiger partial charge in [-0.2, -0.15) is 0 Å². The molecule has 0 saturated carbocycles. The second kappa shape index (κ2) is 3.53. The van der Waals surface area contributed by atoms with Crippen LogP contribution in [-0.4, -0.2) is 13.7 Å². The molecule has 3 rings (SSSR count).